The van der Waals surface area contributed by atoms with Crippen molar-refractivity contribution in [2.45, 2.75) is 45.4 Å². The lowest BCUT2D eigenvalue weighted by molar-refractivity contribution is 0.422. The van der Waals surface area contributed by atoms with Gasteiger partial charge in [-0.2, -0.15) is 0 Å². The largest absolute Gasteiger partial charge is 0.507 e. The third kappa shape index (κ3) is 1.77. The molecule has 1 N–H and O–H groups in total. The lowest BCUT2D eigenvalue weighted by Crippen LogP contribution is -2.24. The predicted molar refractivity (Wildman–Crippen MR) is 71.5 cm³/mol. The molecule has 1 aliphatic carbocycles. The summed E-state index contributed by atoms with van der Waals surface area (Å²) in [6, 6.07) is 2.16. The van der Waals surface area contributed by atoms with E-state index in [4.69, 9.17) is 0 Å². The first-order valence-electron chi connectivity index (χ1n) is 5.45. The number of phenols is 1. The van der Waals surface area contributed by atoms with Crippen LogP contribution in [0.5, 0.6) is 5.75 Å². The molecule has 0 amide bonds. The van der Waals surface area contributed by atoms with Crippen LogP contribution in [-0.2, 0) is 11.8 Å². The molecule has 2 rings (SSSR count). The first-order chi connectivity index (χ1) is 6.93. The van der Waals surface area contributed by atoms with Gasteiger partial charge in [-0.15, -0.1) is 0 Å². The third-order valence-corrected chi connectivity index (χ3v) is 4.41. The van der Waals surface area contributed by atoms with Crippen molar-refractivity contribution in [2.24, 2.45) is 0 Å². The molecule has 0 spiro atoms. The van der Waals surface area contributed by atoms with Gasteiger partial charge in [-0.25, -0.2) is 0 Å². The number of hydrogen-bond donors (Lipinski definition) is 1. The summed E-state index contributed by atoms with van der Waals surface area (Å²) in [7, 11) is 0. The molecular weight excluding hydrogens is 299 g/mol. The lowest BCUT2D eigenvalue weighted by atomic mass is 9.71. The maximum atomic E-state index is 9.93. The van der Waals surface area contributed by atoms with Crippen molar-refractivity contribution in [2.75, 3.05) is 0 Å². The summed E-state index contributed by atoms with van der Waals surface area (Å²) in [4.78, 5) is 0. The van der Waals surface area contributed by atoms with Gasteiger partial charge >= 0.3 is 0 Å². The number of fused-ring (bicyclic) bond motifs is 1. The summed E-state index contributed by atoms with van der Waals surface area (Å²) in [5, 5.41) is 9.93. The Kier molecular flexibility index (Phi) is 2.73. The van der Waals surface area contributed by atoms with Crippen LogP contribution in [-0.4, -0.2) is 5.11 Å². The van der Waals surface area contributed by atoms with E-state index in [9.17, 15) is 5.11 Å². The van der Waals surface area contributed by atoms with Crippen molar-refractivity contribution in [3.8, 4) is 5.75 Å². The van der Waals surface area contributed by atoms with Crippen LogP contribution in [0.4, 0.5) is 0 Å². The number of hydrogen-bond acceptors (Lipinski definition) is 1. The van der Waals surface area contributed by atoms with Gasteiger partial charge in [0.2, 0.25) is 0 Å². The molecule has 0 aliphatic heterocycles. The highest BCUT2D eigenvalue weighted by Crippen LogP contribution is 2.42. The first kappa shape index (κ1) is 11.2. The number of aromatic hydroxyl groups is 1. The van der Waals surface area contributed by atoms with Crippen molar-refractivity contribution in [3.63, 3.8) is 0 Å². The average Bonchev–Trinajstić information content (AvgIpc) is 2.16. The maximum Gasteiger partial charge on any atom is 0.132 e. The minimum absolute atomic E-state index is 0.270. The van der Waals surface area contributed by atoms with Crippen molar-refractivity contribution in [1.82, 2.24) is 0 Å². The molecule has 0 saturated carbocycles. The first-order valence-corrected chi connectivity index (χ1v) is 6.53. The second-order valence-corrected chi connectivity index (χ2v) is 6.26. The summed E-state index contributed by atoms with van der Waals surface area (Å²) in [5.41, 5.74) is 4.17. The Balaban J connectivity index is 2.69. The molecule has 1 nitrogen and oxygen atoms in total. The average molecular weight is 316 g/mol. The number of rotatable bonds is 0. The summed E-state index contributed by atoms with van der Waals surface area (Å²) >= 11 is 2.22. The predicted octanol–water partition coefficient (Wildman–Crippen LogP) is 3.92. The highest BCUT2D eigenvalue weighted by molar-refractivity contribution is 14.1. The molecule has 0 heterocycles. The number of halogens is 1. The van der Waals surface area contributed by atoms with E-state index in [1.54, 1.807) is 0 Å². The van der Waals surface area contributed by atoms with E-state index >= 15 is 0 Å². The molecule has 2 heteroatoms. The molecule has 0 atom stereocenters. The van der Waals surface area contributed by atoms with Crippen LogP contribution in [0.2, 0.25) is 0 Å². The second kappa shape index (κ2) is 3.65. The van der Waals surface area contributed by atoms with E-state index in [0.29, 0.717) is 5.75 Å². The molecule has 0 saturated heterocycles. The van der Waals surface area contributed by atoms with Gasteiger partial charge in [-0.05, 0) is 76.9 Å². The van der Waals surface area contributed by atoms with Crippen LogP contribution in [0, 0.1) is 10.5 Å². The number of benzene rings is 1. The third-order valence-electron chi connectivity index (χ3n) is 3.59. The van der Waals surface area contributed by atoms with Crippen molar-refractivity contribution < 1.29 is 5.11 Å². The van der Waals surface area contributed by atoms with Crippen LogP contribution >= 0.6 is 22.6 Å². The van der Waals surface area contributed by atoms with Crippen molar-refractivity contribution >= 4 is 22.6 Å². The van der Waals surface area contributed by atoms with E-state index in [-0.39, 0.29) is 5.41 Å². The fourth-order valence-corrected chi connectivity index (χ4v) is 3.29. The van der Waals surface area contributed by atoms with Gasteiger partial charge in [-0.1, -0.05) is 13.8 Å². The standard InChI is InChI=1S/C13H17IO/c1-8-9-5-4-6-13(2,3)10(9)7-11(14)12(8)15/h7,15H,4-6H2,1-3H3. The van der Waals surface area contributed by atoms with Gasteiger partial charge in [0.1, 0.15) is 5.75 Å². The highest BCUT2D eigenvalue weighted by Gasteiger charge is 2.29. The van der Waals surface area contributed by atoms with Crippen molar-refractivity contribution in [3.05, 3.63) is 26.3 Å². The minimum atomic E-state index is 0.270. The second-order valence-electron chi connectivity index (χ2n) is 5.10. The van der Waals surface area contributed by atoms with Crippen LogP contribution < -0.4 is 0 Å². The lowest BCUT2D eigenvalue weighted by Gasteiger charge is -2.34. The Morgan fingerprint density at radius 1 is 1.40 bits per heavy atom. The summed E-state index contributed by atoms with van der Waals surface area (Å²) in [6.07, 6.45) is 3.61. The normalized spacial score (nSPS) is 18.7. The van der Waals surface area contributed by atoms with E-state index < -0.39 is 0 Å². The van der Waals surface area contributed by atoms with Crippen LogP contribution in [0.1, 0.15) is 43.4 Å². The van der Waals surface area contributed by atoms with Crippen LogP contribution in [0.3, 0.4) is 0 Å². The molecule has 0 bridgehead atoms. The van der Waals surface area contributed by atoms with Gasteiger partial charge < -0.3 is 5.11 Å². The minimum Gasteiger partial charge on any atom is -0.507 e. The van der Waals surface area contributed by atoms with Gasteiger partial charge in [0, 0.05) is 0 Å². The smallest absolute Gasteiger partial charge is 0.132 e. The van der Waals surface area contributed by atoms with Gasteiger partial charge in [0.15, 0.2) is 0 Å². The van der Waals surface area contributed by atoms with E-state index in [1.807, 2.05) is 6.92 Å². The Morgan fingerprint density at radius 2 is 2.07 bits per heavy atom. The molecular formula is C13H17IO. The van der Waals surface area contributed by atoms with Crippen molar-refractivity contribution in [1.29, 1.82) is 0 Å². The Hall–Kier alpha value is -0.250. The zero-order chi connectivity index (χ0) is 11.2. The number of phenolic OH excluding ortho intramolecular Hbond substituents is 1. The molecule has 1 aromatic rings. The van der Waals surface area contributed by atoms with Crippen LogP contribution in [0.15, 0.2) is 6.07 Å². The quantitative estimate of drug-likeness (QED) is 0.719. The van der Waals surface area contributed by atoms with E-state index in [2.05, 4.69) is 42.5 Å². The summed E-state index contributed by atoms with van der Waals surface area (Å²) < 4.78 is 0.985. The molecule has 82 valence electrons. The molecule has 0 unspecified atom stereocenters. The summed E-state index contributed by atoms with van der Waals surface area (Å²) in [5.74, 6) is 0.479. The monoisotopic (exact) mass is 316 g/mol. The maximum absolute atomic E-state index is 9.93. The Labute approximate surface area is 105 Å². The molecule has 1 aromatic carbocycles. The fraction of sp³-hybridized carbons (Fsp3) is 0.538. The Morgan fingerprint density at radius 3 is 2.73 bits per heavy atom. The molecule has 0 radical (unpaired) electrons. The van der Waals surface area contributed by atoms with Gasteiger partial charge in [0.25, 0.3) is 0 Å². The topological polar surface area (TPSA) is 20.2 Å². The molecule has 15 heavy (non-hydrogen) atoms. The van der Waals surface area contributed by atoms with Crippen LogP contribution in [0.25, 0.3) is 0 Å². The van der Waals surface area contributed by atoms with Gasteiger partial charge in [-0.3, -0.25) is 0 Å². The zero-order valence-corrected chi connectivity index (χ0v) is 11.7. The fourth-order valence-electron chi connectivity index (χ4n) is 2.57. The molecule has 0 aromatic heterocycles. The molecule has 1 aliphatic rings. The molecule has 0 fully saturated rings. The van der Waals surface area contributed by atoms with E-state index in [0.717, 1.165) is 15.6 Å². The van der Waals surface area contributed by atoms with Gasteiger partial charge in [0.05, 0.1) is 3.57 Å². The van der Waals surface area contributed by atoms with E-state index in [1.165, 1.54) is 24.0 Å². The SMILES string of the molecule is Cc1c(O)c(I)cc2c1CCCC2(C)C. The Bertz CT molecular complexity index is 407. The summed E-state index contributed by atoms with van der Waals surface area (Å²) in [6.45, 7) is 6.65. The highest BCUT2D eigenvalue weighted by atomic mass is 127. The zero-order valence-electron chi connectivity index (χ0n) is 9.52.